The van der Waals surface area contributed by atoms with Crippen LogP contribution in [-0.2, 0) is 22.6 Å². The van der Waals surface area contributed by atoms with Gasteiger partial charge in [0.25, 0.3) is 0 Å². The van der Waals surface area contributed by atoms with Gasteiger partial charge in [-0.2, -0.15) is 5.10 Å². The van der Waals surface area contributed by atoms with Crippen molar-refractivity contribution in [1.29, 1.82) is 0 Å². The van der Waals surface area contributed by atoms with Crippen LogP contribution in [0.25, 0.3) is 0 Å². The number of amides is 1. The third-order valence-electron chi connectivity index (χ3n) is 4.49. The van der Waals surface area contributed by atoms with Crippen molar-refractivity contribution >= 4 is 11.9 Å². The number of carbonyl (C=O) groups excluding carboxylic acids is 1. The first-order chi connectivity index (χ1) is 11.9. The monoisotopic (exact) mass is 365 g/mol. The van der Waals surface area contributed by atoms with Crippen LogP contribution in [-0.4, -0.2) is 32.8 Å². The van der Waals surface area contributed by atoms with E-state index in [2.05, 4.69) is 45.0 Å². The van der Waals surface area contributed by atoms with Gasteiger partial charge in [-0.05, 0) is 50.0 Å². The number of hydrogen-bond donors (Lipinski definition) is 2. The van der Waals surface area contributed by atoms with Crippen molar-refractivity contribution in [3.05, 3.63) is 17.0 Å². The molecule has 0 saturated carbocycles. The van der Waals surface area contributed by atoms with E-state index in [-0.39, 0.29) is 17.7 Å². The fourth-order valence-electron chi connectivity index (χ4n) is 2.96. The number of hydrogen-bond acceptors (Lipinski definition) is 3. The summed E-state index contributed by atoms with van der Waals surface area (Å²) in [6, 6.07) is -0.826. The van der Waals surface area contributed by atoms with Crippen molar-refractivity contribution in [2.75, 3.05) is 0 Å². The van der Waals surface area contributed by atoms with Crippen molar-refractivity contribution < 1.29 is 14.7 Å². The minimum Gasteiger partial charge on any atom is -0.480 e. The van der Waals surface area contributed by atoms with Crippen LogP contribution in [0.1, 0.15) is 70.8 Å². The minimum atomic E-state index is -0.972. The van der Waals surface area contributed by atoms with E-state index >= 15 is 0 Å². The molecular formula is C20H35N3O3. The second kappa shape index (κ2) is 9.19. The summed E-state index contributed by atoms with van der Waals surface area (Å²) in [4.78, 5) is 23.7. The Bertz CT molecular complexity index is 627. The SMILES string of the molecule is Cc1nn(CC(C)C)c(C)c1CCC(=O)NC(CCC(C)(C)C)C(=O)O. The molecule has 1 unspecified atom stereocenters. The van der Waals surface area contributed by atoms with Gasteiger partial charge in [-0.3, -0.25) is 9.48 Å². The molecule has 1 aromatic heterocycles. The number of nitrogens with one attached hydrogen (secondary N) is 1. The number of aryl methyl sites for hydroxylation is 1. The van der Waals surface area contributed by atoms with Crippen LogP contribution in [0, 0.1) is 25.2 Å². The van der Waals surface area contributed by atoms with Gasteiger partial charge < -0.3 is 10.4 Å². The highest BCUT2D eigenvalue weighted by molar-refractivity contribution is 5.83. The number of aromatic nitrogens is 2. The molecule has 6 heteroatoms. The number of nitrogens with zero attached hydrogens (tertiary/aromatic N) is 2. The highest BCUT2D eigenvalue weighted by atomic mass is 16.4. The molecule has 0 radical (unpaired) electrons. The molecule has 1 heterocycles. The summed E-state index contributed by atoms with van der Waals surface area (Å²) in [5.74, 6) is -0.690. The van der Waals surface area contributed by atoms with Crippen LogP contribution in [0.3, 0.4) is 0 Å². The average Bonchev–Trinajstić information content (AvgIpc) is 2.73. The summed E-state index contributed by atoms with van der Waals surface area (Å²) in [7, 11) is 0. The highest BCUT2D eigenvalue weighted by Crippen LogP contribution is 2.22. The lowest BCUT2D eigenvalue weighted by molar-refractivity contribution is -0.142. The van der Waals surface area contributed by atoms with E-state index in [1.165, 1.54) is 0 Å². The van der Waals surface area contributed by atoms with Crippen molar-refractivity contribution in [2.24, 2.45) is 11.3 Å². The number of carboxylic acids is 1. The second-order valence-corrected chi connectivity index (χ2v) is 8.78. The summed E-state index contributed by atoms with van der Waals surface area (Å²) in [6.45, 7) is 15.3. The molecule has 1 amide bonds. The van der Waals surface area contributed by atoms with Crippen LogP contribution in [0.15, 0.2) is 0 Å². The maximum absolute atomic E-state index is 12.3. The quantitative estimate of drug-likeness (QED) is 0.701. The number of rotatable bonds is 9. The van der Waals surface area contributed by atoms with Gasteiger partial charge in [0.05, 0.1) is 5.69 Å². The van der Waals surface area contributed by atoms with Crippen molar-refractivity contribution in [1.82, 2.24) is 15.1 Å². The lowest BCUT2D eigenvalue weighted by Gasteiger charge is -2.21. The van der Waals surface area contributed by atoms with Gasteiger partial charge in [0, 0.05) is 18.7 Å². The van der Waals surface area contributed by atoms with E-state index in [1.54, 1.807) is 0 Å². The lowest BCUT2D eigenvalue weighted by Crippen LogP contribution is -2.41. The number of aliphatic carboxylic acids is 1. The second-order valence-electron chi connectivity index (χ2n) is 8.78. The van der Waals surface area contributed by atoms with Crippen LogP contribution < -0.4 is 5.32 Å². The summed E-state index contributed by atoms with van der Waals surface area (Å²) in [5.41, 5.74) is 3.16. The Hall–Kier alpha value is -1.85. The van der Waals surface area contributed by atoms with Crippen LogP contribution in [0.4, 0.5) is 0 Å². The number of carboxylic acid groups (broad SMARTS) is 1. The molecule has 1 atom stereocenters. The molecule has 1 aromatic rings. The van der Waals surface area contributed by atoms with Gasteiger partial charge in [-0.25, -0.2) is 4.79 Å². The summed E-state index contributed by atoms with van der Waals surface area (Å²) < 4.78 is 2.00. The van der Waals surface area contributed by atoms with Gasteiger partial charge in [-0.1, -0.05) is 34.6 Å². The van der Waals surface area contributed by atoms with Crippen molar-refractivity contribution in [3.8, 4) is 0 Å². The Morgan fingerprint density at radius 1 is 1.23 bits per heavy atom. The maximum atomic E-state index is 12.3. The molecule has 2 N–H and O–H groups in total. The molecule has 6 nitrogen and oxygen atoms in total. The molecule has 148 valence electrons. The van der Waals surface area contributed by atoms with Crippen LogP contribution in [0.5, 0.6) is 0 Å². The summed E-state index contributed by atoms with van der Waals surface area (Å²) in [6.07, 6.45) is 2.03. The number of carbonyl (C=O) groups is 2. The maximum Gasteiger partial charge on any atom is 0.326 e. The Morgan fingerprint density at radius 3 is 2.35 bits per heavy atom. The van der Waals surface area contributed by atoms with E-state index in [9.17, 15) is 14.7 Å². The standard InChI is InChI=1S/C20H35N3O3/c1-13(2)12-23-15(4)16(14(3)22-23)8-9-18(24)21-17(19(25)26)10-11-20(5,6)7/h13,17H,8-12H2,1-7H3,(H,21,24)(H,25,26). The third kappa shape index (κ3) is 7.18. The first-order valence-electron chi connectivity index (χ1n) is 9.45. The molecule has 0 aromatic carbocycles. The Labute approximate surface area is 157 Å². The predicted molar refractivity (Wildman–Crippen MR) is 103 cm³/mol. The van der Waals surface area contributed by atoms with Crippen molar-refractivity contribution in [2.45, 2.75) is 86.7 Å². The van der Waals surface area contributed by atoms with Crippen molar-refractivity contribution in [3.63, 3.8) is 0 Å². The van der Waals surface area contributed by atoms with E-state index in [1.807, 2.05) is 18.5 Å². The molecule has 0 fully saturated rings. The Morgan fingerprint density at radius 2 is 1.85 bits per heavy atom. The molecular weight excluding hydrogens is 330 g/mol. The normalized spacial score (nSPS) is 13.1. The Balaban J connectivity index is 2.65. The van der Waals surface area contributed by atoms with Gasteiger partial charge >= 0.3 is 5.97 Å². The third-order valence-corrected chi connectivity index (χ3v) is 4.49. The van der Waals surface area contributed by atoms with E-state index in [0.717, 1.165) is 29.9 Å². The van der Waals surface area contributed by atoms with Gasteiger partial charge in [0.1, 0.15) is 6.04 Å². The van der Waals surface area contributed by atoms with Crippen LogP contribution >= 0.6 is 0 Å². The van der Waals surface area contributed by atoms with E-state index in [0.29, 0.717) is 18.8 Å². The topological polar surface area (TPSA) is 84.2 Å². The predicted octanol–water partition coefficient (Wildman–Crippen LogP) is 3.48. The summed E-state index contributed by atoms with van der Waals surface area (Å²) in [5, 5.41) is 16.6. The summed E-state index contributed by atoms with van der Waals surface area (Å²) >= 11 is 0. The Kier molecular flexibility index (Phi) is 7.85. The molecule has 0 aliphatic heterocycles. The first-order valence-corrected chi connectivity index (χ1v) is 9.45. The zero-order valence-corrected chi connectivity index (χ0v) is 17.3. The van der Waals surface area contributed by atoms with E-state index in [4.69, 9.17) is 0 Å². The highest BCUT2D eigenvalue weighted by Gasteiger charge is 2.23. The molecule has 0 bridgehead atoms. The van der Waals surface area contributed by atoms with Crippen LogP contribution in [0.2, 0.25) is 0 Å². The zero-order chi connectivity index (χ0) is 20.1. The largest absolute Gasteiger partial charge is 0.480 e. The molecule has 0 spiro atoms. The molecule has 26 heavy (non-hydrogen) atoms. The first kappa shape index (κ1) is 22.2. The minimum absolute atomic E-state index is 0.0393. The molecule has 0 aliphatic rings. The van der Waals surface area contributed by atoms with Gasteiger partial charge in [-0.15, -0.1) is 0 Å². The lowest BCUT2D eigenvalue weighted by atomic mass is 9.88. The molecule has 0 saturated heterocycles. The van der Waals surface area contributed by atoms with Gasteiger partial charge in [0.15, 0.2) is 0 Å². The smallest absolute Gasteiger partial charge is 0.326 e. The molecule has 0 aliphatic carbocycles. The average molecular weight is 366 g/mol. The fourth-order valence-corrected chi connectivity index (χ4v) is 2.96. The van der Waals surface area contributed by atoms with Gasteiger partial charge in [0.2, 0.25) is 5.91 Å². The zero-order valence-electron chi connectivity index (χ0n) is 17.3. The fraction of sp³-hybridized carbons (Fsp3) is 0.750. The molecule has 1 rings (SSSR count). The van der Waals surface area contributed by atoms with E-state index < -0.39 is 12.0 Å².